The van der Waals surface area contributed by atoms with E-state index in [2.05, 4.69) is 35.1 Å². The summed E-state index contributed by atoms with van der Waals surface area (Å²) < 4.78 is 5.43. The van der Waals surface area contributed by atoms with E-state index in [1.807, 2.05) is 19.1 Å². The molecule has 31 heavy (non-hydrogen) atoms. The molecule has 1 aromatic carbocycles. The van der Waals surface area contributed by atoms with Crippen molar-refractivity contribution < 1.29 is 4.74 Å². The Morgan fingerprint density at radius 3 is 2.61 bits per heavy atom. The van der Waals surface area contributed by atoms with E-state index in [0.717, 1.165) is 29.8 Å². The smallest absolute Gasteiger partial charge is 0.227 e. The van der Waals surface area contributed by atoms with Gasteiger partial charge in [-0.15, -0.1) is 0 Å². The molecule has 8 nitrogen and oxygen atoms in total. The number of H-pyrrole nitrogens is 1. The highest BCUT2D eigenvalue weighted by atomic mass is 35.5. The molecule has 1 aliphatic heterocycles. The second kappa shape index (κ2) is 8.30. The van der Waals surface area contributed by atoms with Crippen molar-refractivity contribution in [1.29, 1.82) is 0 Å². The van der Waals surface area contributed by atoms with Gasteiger partial charge in [0.2, 0.25) is 5.95 Å². The number of imidazole rings is 1. The molecule has 1 aliphatic rings. The highest BCUT2D eigenvalue weighted by Crippen LogP contribution is 2.35. The van der Waals surface area contributed by atoms with Crippen LogP contribution in [-0.4, -0.2) is 51.2 Å². The Balaban J connectivity index is 1.51. The molecule has 158 valence electrons. The Morgan fingerprint density at radius 1 is 1.06 bits per heavy atom. The lowest BCUT2D eigenvalue weighted by molar-refractivity contribution is 0.122. The zero-order chi connectivity index (χ0) is 21.4. The molecular formula is C21H19Cl2N7O. The summed E-state index contributed by atoms with van der Waals surface area (Å²) in [6.07, 6.45) is 1.69. The average Bonchev–Trinajstić information content (AvgIpc) is 3.19. The Kier molecular flexibility index (Phi) is 5.35. The normalized spacial score (nSPS) is 14.2. The zero-order valence-electron chi connectivity index (χ0n) is 16.7. The topological polar surface area (TPSA) is 91.9 Å². The number of nitrogens with one attached hydrogen (secondary N) is 2. The fourth-order valence-corrected chi connectivity index (χ4v) is 4.09. The van der Waals surface area contributed by atoms with E-state index >= 15 is 0 Å². The Labute approximate surface area is 188 Å². The van der Waals surface area contributed by atoms with Gasteiger partial charge in [0.05, 0.1) is 34.3 Å². The first-order chi connectivity index (χ1) is 15.1. The van der Waals surface area contributed by atoms with Crippen LogP contribution in [0.2, 0.25) is 10.0 Å². The molecule has 0 spiro atoms. The second-order valence-electron chi connectivity index (χ2n) is 7.15. The van der Waals surface area contributed by atoms with Crippen LogP contribution in [0.3, 0.4) is 0 Å². The number of benzene rings is 1. The molecule has 0 bridgehead atoms. The number of halogens is 2. The number of hydrogen-bond acceptors (Lipinski definition) is 7. The maximum atomic E-state index is 6.36. The maximum absolute atomic E-state index is 6.36. The van der Waals surface area contributed by atoms with Gasteiger partial charge >= 0.3 is 0 Å². The van der Waals surface area contributed by atoms with E-state index in [1.54, 1.807) is 24.4 Å². The molecule has 3 aromatic heterocycles. The van der Waals surface area contributed by atoms with Gasteiger partial charge in [-0.3, -0.25) is 0 Å². The predicted molar refractivity (Wildman–Crippen MR) is 122 cm³/mol. The van der Waals surface area contributed by atoms with Crippen molar-refractivity contribution in [2.24, 2.45) is 0 Å². The Morgan fingerprint density at radius 2 is 1.84 bits per heavy atom. The Hall–Kier alpha value is -2.94. The van der Waals surface area contributed by atoms with Crippen LogP contribution >= 0.6 is 23.2 Å². The van der Waals surface area contributed by atoms with Crippen LogP contribution in [0, 0.1) is 6.92 Å². The molecule has 0 radical (unpaired) electrons. The van der Waals surface area contributed by atoms with Crippen LogP contribution in [0.15, 0.2) is 36.5 Å². The molecule has 0 atom stereocenters. The average molecular weight is 456 g/mol. The van der Waals surface area contributed by atoms with Crippen molar-refractivity contribution in [3.63, 3.8) is 0 Å². The summed E-state index contributed by atoms with van der Waals surface area (Å²) in [6, 6.07) is 9.07. The van der Waals surface area contributed by atoms with Crippen molar-refractivity contribution in [2.75, 3.05) is 36.5 Å². The van der Waals surface area contributed by atoms with Gasteiger partial charge in [-0.05, 0) is 25.1 Å². The van der Waals surface area contributed by atoms with Crippen LogP contribution < -0.4 is 10.2 Å². The lowest BCUT2D eigenvalue weighted by Crippen LogP contribution is -2.37. The van der Waals surface area contributed by atoms with Crippen molar-refractivity contribution in [3.8, 4) is 11.4 Å². The highest BCUT2D eigenvalue weighted by Gasteiger charge is 2.17. The first kappa shape index (κ1) is 20.0. The van der Waals surface area contributed by atoms with Crippen LogP contribution in [0.1, 0.15) is 5.69 Å². The molecule has 1 saturated heterocycles. The molecule has 4 aromatic rings. The molecule has 1 fully saturated rings. The van der Waals surface area contributed by atoms with Crippen LogP contribution in [0.5, 0.6) is 0 Å². The molecule has 5 rings (SSSR count). The molecule has 4 heterocycles. The third-order valence-corrected chi connectivity index (χ3v) is 5.62. The maximum Gasteiger partial charge on any atom is 0.227 e. The monoisotopic (exact) mass is 455 g/mol. The number of pyridine rings is 1. The standard InChI is InChI=1S/C21H19Cl2N7O/c1-12-11-16(28-21(25-12)30-7-9-31-10-8-30)27-20-18-15(5-6-24-20)26-19(29-18)17-13(22)3-2-4-14(17)23/h2-6,11H,7-10H2,1H3,(H,26,29)(H,24,25,27,28). The summed E-state index contributed by atoms with van der Waals surface area (Å²) in [5.41, 5.74) is 2.99. The number of nitrogens with zero attached hydrogens (tertiary/aromatic N) is 5. The molecule has 0 unspecified atom stereocenters. The SMILES string of the molecule is Cc1cc(Nc2nccc3nc(-c4c(Cl)cccc4Cl)[nH]c23)nc(N2CCOCC2)n1. The minimum atomic E-state index is 0.524. The number of hydrogen-bond donors (Lipinski definition) is 2. The number of rotatable bonds is 4. The summed E-state index contributed by atoms with van der Waals surface area (Å²) in [5, 5.41) is 4.35. The molecule has 2 N–H and O–H groups in total. The van der Waals surface area contributed by atoms with Gasteiger partial charge in [0.1, 0.15) is 17.2 Å². The molecule has 0 saturated carbocycles. The highest BCUT2D eigenvalue weighted by molar-refractivity contribution is 6.39. The van der Waals surface area contributed by atoms with Crippen LogP contribution in [0.4, 0.5) is 17.6 Å². The second-order valence-corrected chi connectivity index (χ2v) is 7.97. The zero-order valence-corrected chi connectivity index (χ0v) is 18.2. The Bertz CT molecular complexity index is 1230. The minimum absolute atomic E-state index is 0.524. The van der Waals surface area contributed by atoms with Gasteiger partial charge in [-0.2, -0.15) is 4.98 Å². The van der Waals surface area contributed by atoms with E-state index < -0.39 is 0 Å². The number of aromatic nitrogens is 5. The lowest BCUT2D eigenvalue weighted by atomic mass is 10.2. The van der Waals surface area contributed by atoms with Crippen molar-refractivity contribution >= 4 is 51.8 Å². The fourth-order valence-electron chi connectivity index (χ4n) is 3.52. The van der Waals surface area contributed by atoms with E-state index in [-0.39, 0.29) is 0 Å². The predicted octanol–water partition coefficient (Wildman–Crippen LogP) is 4.61. The third-order valence-electron chi connectivity index (χ3n) is 4.99. The lowest BCUT2D eigenvalue weighted by Gasteiger charge is -2.27. The summed E-state index contributed by atoms with van der Waals surface area (Å²) >= 11 is 12.7. The number of aryl methyl sites for hydroxylation is 1. The van der Waals surface area contributed by atoms with Crippen LogP contribution in [0.25, 0.3) is 22.4 Å². The first-order valence-electron chi connectivity index (χ1n) is 9.83. The third kappa shape index (κ3) is 4.01. The molecule has 10 heteroatoms. The van der Waals surface area contributed by atoms with Gasteiger partial charge in [-0.1, -0.05) is 29.3 Å². The summed E-state index contributed by atoms with van der Waals surface area (Å²) in [4.78, 5) is 23.8. The summed E-state index contributed by atoms with van der Waals surface area (Å²) in [5.74, 6) is 2.51. The van der Waals surface area contributed by atoms with Gasteiger partial charge in [0.25, 0.3) is 0 Å². The van der Waals surface area contributed by atoms with E-state index in [0.29, 0.717) is 52.2 Å². The minimum Gasteiger partial charge on any atom is -0.378 e. The summed E-state index contributed by atoms with van der Waals surface area (Å²) in [7, 11) is 0. The van der Waals surface area contributed by atoms with E-state index in [4.69, 9.17) is 27.9 Å². The van der Waals surface area contributed by atoms with E-state index in [9.17, 15) is 0 Å². The van der Waals surface area contributed by atoms with Gasteiger partial charge in [0.15, 0.2) is 5.82 Å². The summed E-state index contributed by atoms with van der Waals surface area (Å²) in [6.45, 7) is 4.81. The number of fused-ring (bicyclic) bond motifs is 1. The number of morpholine rings is 1. The number of anilines is 3. The van der Waals surface area contributed by atoms with Crippen molar-refractivity contribution in [2.45, 2.75) is 6.92 Å². The number of ether oxygens (including phenoxy) is 1. The first-order valence-corrected chi connectivity index (χ1v) is 10.6. The number of aromatic amines is 1. The van der Waals surface area contributed by atoms with Crippen LogP contribution in [-0.2, 0) is 4.74 Å². The van der Waals surface area contributed by atoms with Crippen molar-refractivity contribution in [1.82, 2.24) is 24.9 Å². The molecular weight excluding hydrogens is 437 g/mol. The molecule has 0 amide bonds. The fraction of sp³-hybridized carbons (Fsp3) is 0.238. The quantitative estimate of drug-likeness (QED) is 0.463. The van der Waals surface area contributed by atoms with Crippen molar-refractivity contribution in [3.05, 3.63) is 52.3 Å². The van der Waals surface area contributed by atoms with Gasteiger partial charge in [0, 0.05) is 31.0 Å². The molecule has 0 aliphatic carbocycles. The van der Waals surface area contributed by atoms with Gasteiger partial charge < -0.3 is 19.9 Å². The van der Waals surface area contributed by atoms with E-state index in [1.165, 1.54) is 0 Å². The van der Waals surface area contributed by atoms with Gasteiger partial charge in [-0.25, -0.2) is 15.0 Å². The largest absolute Gasteiger partial charge is 0.378 e.